The minimum Gasteiger partial charge on any atom is -0.284 e. The van der Waals surface area contributed by atoms with E-state index in [0.717, 1.165) is 6.26 Å². The first kappa shape index (κ1) is 11.0. The van der Waals surface area contributed by atoms with Gasteiger partial charge in [-0.25, -0.2) is 8.42 Å². The lowest BCUT2D eigenvalue weighted by atomic mass is 10.2. The number of sulfonamides is 1. The lowest BCUT2D eigenvalue weighted by Crippen LogP contribution is -2.09. The highest BCUT2D eigenvalue weighted by atomic mass is 79.9. The molecule has 0 amide bonds. The van der Waals surface area contributed by atoms with Gasteiger partial charge in [-0.2, -0.15) is 5.26 Å². The fraction of sp³-hybridized carbons (Fsp3) is 0.125. The quantitative estimate of drug-likeness (QED) is 0.892. The average molecular weight is 275 g/mol. The van der Waals surface area contributed by atoms with Gasteiger partial charge in [-0.05, 0) is 34.1 Å². The first-order chi connectivity index (χ1) is 6.42. The lowest BCUT2D eigenvalue weighted by Gasteiger charge is -2.04. The van der Waals surface area contributed by atoms with Gasteiger partial charge in [0.2, 0.25) is 10.0 Å². The second kappa shape index (κ2) is 3.98. The molecule has 0 bridgehead atoms. The molecule has 0 radical (unpaired) electrons. The Bertz CT molecular complexity index is 491. The summed E-state index contributed by atoms with van der Waals surface area (Å²) in [7, 11) is -3.27. The van der Waals surface area contributed by atoms with Gasteiger partial charge in [0.05, 0.1) is 11.8 Å². The number of anilines is 1. The van der Waals surface area contributed by atoms with Crippen LogP contribution < -0.4 is 4.72 Å². The first-order valence-corrected chi connectivity index (χ1v) is 6.28. The van der Waals surface area contributed by atoms with Gasteiger partial charge in [0, 0.05) is 10.2 Å². The van der Waals surface area contributed by atoms with Crippen LogP contribution in [0.1, 0.15) is 5.56 Å². The fourth-order valence-corrected chi connectivity index (χ4v) is 1.91. The maximum absolute atomic E-state index is 10.9. The van der Waals surface area contributed by atoms with Crippen molar-refractivity contribution in [3.63, 3.8) is 0 Å². The molecule has 1 N–H and O–H groups in total. The third-order valence-electron chi connectivity index (χ3n) is 1.39. The molecule has 0 aliphatic rings. The van der Waals surface area contributed by atoms with Crippen LogP contribution in [0.5, 0.6) is 0 Å². The van der Waals surface area contributed by atoms with E-state index in [4.69, 9.17) is 5.26 Å². The summed E-state index contributed by atoms with van der Waals surface area (Å²) in [6, 6.07) is 6.57. The Labute approximate surface area is 90.7 Å². The van der Waals surface area contributed by atoms with Crippen LogP contribution in [-0.4, -0.2) is 14.7 Å². The molecule has 14 heavy (non-hydrogen) atoms. The Kier molecular flexibility index (Phi) is 3.13. The molecule has 1 aromatic rings. The van der Waals surface area contributed by atoms with E-state index >= 15 is 0 Å². The summed E-state index contributed by atoms with van der Waals surface area (Å²) in [6.45, 7) is 0. The normalized spacial score (nSPS) is 10.6. The van der Waals surface area contributed by atoms with Crippen LogP contribution >= 0.6 is 15.9 Å². The van der Waals surface area contributed by atoms with Crippen molar-refractivity contribution in [1.82, 2.24) is 0 Å². The van der Waals surface area contributed by atoms with E-state index in [0.29, 0.717) is 15.7 Å². The molecule has 6 heteroatoms. The molecule has 0 aromatic heterocycles. The van der Waals surface area contributed by atoms with Crippen LogP contribution in [-0.2, 0) is 10.0 Å². The van der Waals surface area contributed by atoms with E-state index in [1.165, 1.54) is 12.1 Å². The van der Waals surface area contributed by atoms with Gasteiger partial charge in [0.1, 0.15) is 6.07 Å². The number of nitrogens with one attached hydrogen (secondary N) is 1. The number of nitriles is 1. The molecule has 0 unspecified atom stereocenters. The number of halogens is 1. The third-order valence-corrected chi connectivity index (χ3v) is 2.66. The maximum Gasteiger partial charge on any atom is 0.229 e. The number of benzene rings is 1. The van der Waals surface area contributed by atoms with Crippen molar-refractivity contribution in [2.45, 2.75) is 0 Å². The number of hydrogen-bond donors (Lipinski definition) is 1. The summed E-state index contributed by atoms with van der Waals surface area (Å²) < 4.78 is 24.6. The molecule has 0 spiro atoms. The van der Waals surface area contributed by atoms with E-state index in [1.54, 1.807) is 6.07 Å². The van der Waals surface area contributed by atoms with Gasteiger partial charge >= 0.3 is 0 Å². The second-order valence-electron chi connectivity index (χ2n) is 2.68. The van der Waals surface area contributed by atoms with Crippen molar-refractivity contribution < 1.29 is 8.42 Å². The summed E-state index contributed by atoms with van der Waals surface area (Å²) in [5.41, 5.74) is 0.891. The Morgan fingerprint density at radius 1 is 1.50 bits per heavy atom. The van der Waals surface area contributed by atoms with E-state index in [2.05, 4.69) is 20.7 Å². The van der Waals surface area contributed by atoms with Gasteiger partial charge < -0.3 is 0 Å². The smallest absolute Gasteiger partial charge is 0.229 e. The maximum atomic E-state index is 10.9. The van der Waals surface area contributed by atoms with Crippen LogP contribution in [0.2, 0.25) is 0 Å². The van der Waals surface area contributed by atoms with E-state index < -0.39 is 10.0 Å². The summed E-state index contributed by atoms with van der Waals surface area (Å²) in [4.78, 5) is 0. The molecule has 0 fully saturated rings. The van der Waals surface area contributed by atoms with Crippen LogP contribution in [0.15, 0.2) is 22.7 Å². The van der Waals surface area contributed by atoms with Gasteiger partial charge in [-0.15, -0.1) is 0 Å². The van der Waals surface area contributed by atoms with E-state index in [9.17, 15) is 8.42 Å². The molecule has 74 valence electrons. The zero-order valence-electron chi connectivity index (χ0n) is 7.28. The van der Waals surface area contributed by atoms with Gasteiger partial charge in [-0.3, -0.25) is 4.72 Å². The molecule has 4 nitrogen and oxygen atoms in total. The molecule has 1 aromatic carbocycles. The molecular formula is C8H7BrN2O2S. The van der Waals surface area contributed by atoms with Crippen LogP contribution in [0.4, 0.5) is 5.69 Å². The van der Waals surface area contributed by atoms with Gasteiger partial charge in [0.15, 0.2) is 0 Å². The van der Waals surface area contributed by atoms with Crippen LogP contribution in [0.3, 0.4) is 0 Å². The molecule has 0 heterocycles. The molecule has 0 aliphatic carbocycles. The topological polar surface area (TPSA) is 70.0 Å². The van der Waals surface area contributed by atoms with Crippen molar-refractivity contribution in [2.75, 3.05) is 11.0 Å². The summed E-state index contributed by atoms with van der Waals surface area (Å²) >= 11 is 3.16. The molecular weight excluding hydrogens is 268 g/mol. The second-order valence-corrected chi connectivity index (χ2v) is 5.28. The fourth-order valence-electron chi connectivity index (χ4n) is 0.883. The lowest BCUT2D eigenvalue weighted by molar-refractivity contribution is 0.607. The Morgan fingerprint density at radius 3 is 2.57 bits per heavy atom. The summed E-state index contributed by atoms with van der Waals surface area (Å²) in [5.74, 6) is 0. The summed E-state index contributed by atoms with van der Waals surface area (Å²) in [5, 5.41) is 8.62. The van der Waals surface area contributed by atoms with Crippen molar-refractivity contribution in [3.05, 3.63) is 28.2 Å². The SMILES string of the molecule is CS(=O)(=O)Nc1ccc(C#N)c(Br)c1. The third kappa shape index (κ3) is 3.01. The predicted molar refractivity (Wildman–Crippen MR) is 57.3 cm³/mol. The standard InChI is InChI=1S/C8H7BrN2O2S/c1-14(12,13)11-7-3-2-6(5-10)8(9)4-7/h2-4,11H,1H3. The zero-order chi connectivity index (χ0) is 10.8. The van der Waals surface area contributed by atoms with Crippen molar-refractivity contribution >= 4 is 31.6 Å². The Balaban J connectivity index is 3.06. The van der Waals surface area contributed by atoms with Crippen molar-refractivity contribution in [2.24, 2.45) is 0 Å². The number of hydrogen-bond acceptors (Lipinski definition) is 3. The minimum absolute atomic E-state index is 0.429. The van der Waals surface area contributed by atoms with Crippen LogP contribution in [0, 0.1) is 11.3 Å². The summed E-state index contributed by atoms with van der Waals surface area (Å²) in [6.07, 6.45) is 1.07. The predicted octanol–water partition coefficient (Wildman–Crippen LogP) is 1.69. The van der Waals surface area contributed by atoms with Crippen LogP contribution in [0.25, 0.3) is 0 Å². The largest absolute Gasteiger partial charge is 0.284 e. The number of rotatable bonds is 2. The highest BCUT2D eigenvalue weighted by Gasteiger charge is 2.04. The van der Waals surface area contributed by atoms with Crippen molar-refractivity contribution in [1.29, 1.82) is 5.26 Å². The minimum atomic E-state index is -3.27. The molecule has 0 atom stereocenters. The van der Waals surface area contributed by atoms with Gasteiger partial charge in [-0.1, -0.05) is 0 Å². The number of nitrogens with zero attached hydrogens (tertiary/aromatic N) is 1. The van der Waals surface area contributed by atoms with Gasteiger partial charge in [0.25, 0.3) is 0 Å². The average Bonchev–Trinajstić information content (AvgIpc) is 2.01. The van der Waals surface area contributed by atoms with E-state index in [-0.39, 0.29) is 0 Å². The molecule has 0 aliphatic heterocycles. The Hall–Kier alpha value is -1.06. The molecule has 0 saturated carbocycles. The highest BCUT2D eigenvalue weighted by molar-refractivity contribution is 9.10. The van der Waals surface area contributed by atoms with E-state index in [1.807, 2.05) is 6.07 Å². The zero-order valence-corrected chi connectivity index (χ0v) is 9.68. The molecule has 0 saturated heterocycles. The first-order valence-electron chi connectivity index (χ1n) is 3.60. The molecule has 1 rings (SSSR count). The highest BCUT2D eigenvalue weighted by Crippen LogP contribution is 2.21. The van der Waals surface area contributed by atoms with Crippen molar-refractivity contribution in [3.8, 4) is 6.07 Å². The Morgan fingerprint density at radius 2 is 2.14 bits per heavy atom. The monoisotopic (exact) mass is 274 g/mol.